The van der Waals surface area contributed by atoms with E-state index in [1.54, 1.807) is 12.1 Å². The minimum Gasteiger partial charge on any atom is -0.301 e. The van der Waals surface area contributed by atoms with Gasteiger partial charge in [-0.2, -0.15) is 0 Å². The lowest BCUT2D eigenvalue weighted by atomic mass is 10.2. The summed E-state index contributed by atoms with van der Waals surface area (Å²) in [5, 5.41) is 3.31. The molecule has 25 heavy (non-hydrogen) atoms. The van der Waals surface area contributed by atoms with Gasteiger partial charge in [-0.05, 0) is 42.8 Å². The summed E-state index contributed by atoms with van der Waals surface area (Å²) in [6.45, 7) is 2.52. The van der Waals surface area contributed by atoms with E-state index in [0.717, 1.165) is 11.3 Å². The van der Waals surface area contributed by atoms with Crippen LogP contribution in [-0.4, -0.2) is 31.8 Å². The molecule has 2 aromatic rings. The van der Waals surface area contributed by atoms with E-state index in [-0.39, 0.29) is 10.8 Å². The van der Waals surface area contributed by atoms with Crippen molar-refractivity contribution in [3.05, 3.63) is 59.7 Å². The molecule has 1 aliphatic heterocycles. The summed E-state index contributed by atoms with van der Waals surface area (Å²) in [4.78, 5) is 16.4. The monoisotopic (exact) mass is 375 g/mol. The van der Waals surface area contributed by atoms with E-state index >= 15 is 0 Å². The average Bonchev–Trinajstić information content (AvgIpc) is 3.10. The van der Waals surface area contributed by atoms with Crippen molar-refractivity contribution in [2.75, 3.05) is 17.0 Å². The molecule has 0 saturated carbocycles. The number of para-hydroxylation sites is 1. The number of nitrogens with zero attached hydrogens (tertiary/aromatic N) is 1. The van der Waals surface area contributed by atoms with Crippen LogP contribution in [0.5, 0.6) is 0 Å². The topological polar surface area (TPSA) is 87.6 Å². The Morgan fingerprint density at radius 3 is 2.48 bits per heavy atom. The van der Waals surface area contributed by atoms with E-state index in [0.29, 0.717) is 23.0 Å². The molecule has 0 aliphatic carbocycles. The molecule has 6 nitrogen and oxygen atoms in total. The van der Waals surface area contributed by atoms with Crippen LogP contribution in [0.2, 0.25) is 0 Å². The fourth-order valence-electron chi connectivity index (χ4n) is 2.26. The molecule has 0 aromatic heterocycles. The molecule has 8 heteroatoms. The van der Waals surface area contributed by atoms with Crippen molar-refractivity contribution >= 4 is 38.5 Å². The number of carbonyl (C=O) groups is 1. The molecule has 2 aromatic carbocycles. The molecule has 130 valence electrons. The van der Waals surface area contributed by atoms with E-state index in [9.17, 15) is 13.2 Å². The molecule has 1 heterocycles. The van der Waals surface area contributed by atoms with Gasteiger partial charge < -0.3 is 5.32 Å². The third-order valence-corrected chi connectivity index (χ3v) is 5.89. The van der Waals surface area contributed by atoms with Crippen LogP contribution < -0.4 is 10.0 Å². The van der Waals surface area contributed by atoms with Gasteiger partial charge in [0, 0.05) is 11.3 Å². The molecule has 0 bridgehead atoms. The van der Waals surface area contributed by atoms with Crippen molar-refractivity contribution in [2.45, 2.75) is 11.8 Å². The smallest absolute Gasteiger partial charge is 0.261 e. The van der Waals surface area contributed by atoms with Gasteiger partial charge >= 0.3 is 0 Å². The number of aryl methyl sites for hydroxylation is 1. The predicted octanol–water partition coefficient (Wildman–Crippen LogP) is 2.63. The zero-order valence-corrected chi connectivity index (χ0v) is 15.2. The Balaban J connectivity index is 1.74. The number of thioether (sulfide) groups is 1. The maximum absolute atomic E-state index is 12.5. The number of nitrogens with one attached hydrogen (secondary N) is 2. The zero-order chi connectivity index (χ0) is 17.9. The van der Waals surface area contributed by atoms with Crippen molar-refractivity contribution in [3.63, 3.8) is 0 Å². The molecule has 0 fully saturated rings. The summed E-state index contributed by atoms with van der Waals surface area (Å²) in [5.74, 6) is 0.557. The summed E-state index contributed by atoms with van der Waals surface area (Å²) in [6, 6.07) is 12.9. The van der Waals surface area contributed by atoms with Gasteiger partial charge in [0.25, 0.3) is 15.9 Å². The van der Waals surface area contributed by atoms with Gasteiger partial charge in [0.05, 0.1) is 17.1 Å². The number of carbonyl (C=O) groups excluding carboxylic acids is 1. The Hall–Kier alpha value is -2.32. The zero-order valence-electron chi connectivity index (χ0n) is 13.5. The van der Waals surface area contributed by atoms with Gasteiger partial charge in [-0.25, -0.2) is 8.42 Å². The molecular formula is C17H17N3O3S2. The molecular weight excluding hydrogens is 358 g/mol. The van der Waals surface area contributed by atoms with Crippen LogP contribution in [0.1, 0.15) is 15.9 Å². The highest BCUT2D eigenvalue weighted by molar-refractivity contribution is 8.14. The molecule has 0 saturated heterocycles. The Labute approximate surface area is 150 Å². The van der Waals surface area contributed by atoms with Crippen LogP contribution in [0, 0.1) is 6.92 Å². The first-order valence-corrected chi connectivity index (χ1v) is 10.1. The maximum Gasteiger partial charge on any atom is 0.261 e. The Kier molecular flexibility index (Phi) is 5.10. The molecule has 3 rings (SSSR count). The lowest BCUT2D eigenvalue weighted by Crippen LogP contribution is -2.27. The average molecular weight is 375 g/mol. The van der Waals surface area contributed by atoms with E-state index < -0.39 is 10.0 Å². The summed E-state index contributed by atoms with van der Waals surface area (Å²) >= 11 is 1.49. The van der Waals surface area contributed by atoms with Crippen LogP contribution in [-0.2, 0) is 10.0 Å². The largest absolute Gasteiger partial charge is 0.301 e. The summed E-state index contributed by atoms with van der Waals surface area (Å²) in [5.41, 5.74) is 1.74. The van der Waals surface area contributed by atoms with Gasteiger partial charge in [0.1, 0.15) is 0 Å². The minimum atomic E-state index is -3.71. The van der Waals surface area contributed by atoms with E-state index in [4.69, 9.17) is 0 Å². The van der Waals surface area contributed by atoms with Crippen molar-refractivity contribution in [3.8, 4) is 0 Å². The molecule has 1 aliphatic rings. The fourth-order valence-corrected chi connectivity index (χ4v) is 4.11. The number of amidine groups is 1. The number of rotatable bonds is 4. The van der Waals surface area contributed by atoms with Gasteiger partial charge in [0.15, 0.2) is 5.17 Å². The first kappa shape index (κ1) is 17.5. The number of hydrogen-bond acceptors (Lipinski definition) is 5. The molecule has 0 radical (unpaired) electrons. The standard InChI is InChI=1S/C17H17N3O3S2/c1-12-4-2-3-5-15(12)20-25(22,23)14-8-6-13(7-9-14)16(21)19-17-18-10-11-24-17/h2-9,20H,10-11H2,1H3,(H,18,19,21). The number of hydrogen-bond donors (Lipinski definition) is 2. The van der Waals surface area contributed by atoms with Crippen LogP contribution >= 0.6 is 11.8 Å². The third kappa shape index (κ3) is 4.21. The van der Waals surface area contributed by atoms with E-state index in [1.807, 2.05) is 19.1 Å². The number of sulfonamides is 1. The SMILES string of the molecule is Cc1ccccc1NS(=O)(=O)c1ccc(C(=O)NC2=NCCS2)cc1. The highest BCUT2D eigenvalue weighted by Crippen LogP contribution is 2.19. The van der Waals surface area contributed by atoms with Gasteiger partial charge in [-0.15, -0.1) is 0 Å². The number of amides is 1. The van der Waals surface area contributed by atoms with E-state index in [1.165, 1.54) is 36.0 Å². The fraction of sp³-hybridized carbons (Fsp3) is 0.176. The maximum atomic E-state index is 12.5. The highest BCUT2D eigenvalue weighted by Gasteiger charge is 2.17. The molecule has 2 N–H and O–H groups in total. The summed E-state index contributed by atoms with van der Waals surface area (Å²) in [6.07, 6.45) is 0. The molecule has 0 atom stereocenters. The second kappa shape index (κ2) is 7.28. The molecule has 1 amide bonds. The van der Waals surface area contributed by atoms with Crippen molar-refractivity contribution < 1.29 is 13.2 Å². The van der Waals surface area contributed by atoms with Crippen molar-refractivity contribution in [1.82, 2.24) is 5.32 Å². The highest BCUT2D eigenvalue weighted by atomic mass is 32.2. The van der Waals surface area contributed by atoms with Gasteiger partial charge in [0.2, 0.25) is 0 Å². The lowest BCUT2D eigenvalue weighted by molar-refractivity contribution is 0.0978. The Bertz CT molecular complexity index is 922. The second-order valence-corrected chi connectivity index (χ2v) is 8.20. The quantitative estimate of drug-likeness (QED) is 0.860. The van der Waals surface area contributed by atoms with Crippen molar-refractivity contribution in [1.29, 1.82) is 0 Å². The van der Waals surface area contributed by atoms with Crippen LogP contribution in [0.15, 0.2) is 58.4 Å². The van der Waals surface area contributed by atoms with E-state index in [2.05, 4.69) is 15.0 Å². The van der Waals surface area contributed by atoms with Gasteiger partial charge in [-0.1, -0.05) is 30.0 Å². The van der Waals surface area contributed by atoms with Gasteiger partial charge in [-0.3, -0.25) is 14.5 Å². The van der Waals surface area contributed by atoms with Crippen LogP contribution in [0.25, 0.3) is 0 Å². The number of benzene rings is 2. The number of anilines is 1. The van der Waals surface area contributed by atoms with Crippen molar-refractivity contribution in [2.24, 2.45) is 4.99 Å². The normalized spacial score (nSPS) is 14.0. The minimum absolute atomic E-state index is 0.0971. The second-order valence-electron chi connectivity index (χ2n) is 5.43. The van der Waals surface area contributed by atoms with Crippen LogP contribution in [0.4, 0.5) is 5.69 Å². The summed E-state index contributed by atoms with van der Waals surface area (Å²) < 4.78 is 27.5. The Morgan fingerprint density at radius 1 is 1.12 bits per heavy atom. The van der Waals surface area contributed by atoms with Crippen LogP contribution in [0.3, 0.4) is 0 Å². The predicted molar refractivity (Wildman–Crippen MR) is 101 cm³/mol. The number of aliphatic imine (C=N–C) groups is 1. The first-order chi connectivity index (χ1) is 12.0. The first-order valence-electron chi connectivity index (χ1n) is 7.63. The molecule has 0 unspecified atom stereocenters. The Morgan fingerprint density at radius 2 is 1.84 bits per heavy atom. The molecule has 0 spiro atoms. The summed E-state index contributed by atoms with van der Waals surface area (Å²) in [7, 11) is -3.71. The lowest BCUT2D eigenvalue weighted by Gasteiger charge is -2.11. The third-order valence-electron chi connectivity index (χ3n) is 3.62.